The summed E-state index contributed by atoms with van der Waals surface area (Å²) in [6.45, 7) is 1.29. The monoisotopic (exact) mass is 225 g/mol. The molecule has 1 aliphatic carbocycles. The maximum absolute atomic E-state index is 9.28. The second-order valence-electron chi connectivity index (χ2n) is 4.29. The summed E-state index contributed by atoms with van der Waals surface area (Å²) in [5.41, 5.74) is 0. The maximum Gasteiger partial charge on any atom is 0.0474 e. The highest BCUT2D eigenvalue weighted by Gasteiger charge is 2.23. The summed E-state index contributed by atoms with van der Waals surface area (Å²) in [6.07, 6.45) is 4.98. The third-order valence-corrected chi connectivity index (χ3v) is 4.14. The molecule has 3 heteroatoms. The molecule has 0 aromatic carbocycles. The van der Waals surface area contributed by atoms with E-state index in [-0.39, 0.29) is 0 Å². The molecule has 0 saturated heterocycles. The first-order chi connectivity index (χ1) is 7.40. The predicted molar refractivity (Wildman–Crippen MR) is 64.0 cm³/mol. The van der Waals surface area contributed by atoms with Gasteiger partial charge in [0, 0.05) is 24.1 Å². The molecule has 0 spiro atoms. The van der Waals surface area contributed by atoms with Crippen LogP contribution >= 0.6 is 11.3 Å². The van der Waals surface area contributed by atoms with Crippen LogP contribution in [0, 0.1) is 5.92 Å². The van der Waals surface area contributed by atoms with Crippen LogP contribution in [0.1, 0.15) is 30.6 Å². The van der Waals surface area contributed by atoms with Gasteiger partial charge in [-0.25, -0.2) is 0 Å². The number of aliphatic hydroxyl groups excluding tert-OH is 1. The summed E-state index contributed by atoms with van der Waals surface area (Å²) in [4.78, 5) is 1.39. The Morgan fingerprint density at radius 3 is 3.00 bits per heavy atom. The molecule has 1 aliphatic rings. The molecule has 2 nitrogen and oxygen atoms in total. The number of rotatable bonds is 4. The summed E-state index contributed by atoms with van der Waals surface area (Å²) in [7, 11) is 0. The van der Waals surface area contributed by atoms with E-state index in [9.17, 15) is 5.11 Å². The Balaban J connectivity index is 1.81. The van der Waals surface area contributed by atoms with E-state index in [1.165, 1.54) is 30.6 Å². The highest BCUT2D eigenvalue weighted by molar-refractivity contribution is 7.09. The average Bonchev–Trinajstić information content (AvgIpc) is 2.79. The minimum Gasteiger partial charge on any atom is -0.396 e. The molecular formula is C12H19NOS. The molecule has 2 N–H and O–H groups in total. The first kappa shape index (κ1) is 11.1. The highest BCUT2D eigenvalue weighted by Crippen LogP contribution is 2.24. The van der Waals surface area contributed by atoms with E-state index in [1.54, 1.807) is 11.3 Å². The Morgan fingerprint density at radius 1 is 1.40 bits per heavy atom. The van der Waals surface area contributed by atoms with Gasteiger partial charge in [0.05, 0.1) is 0 Å². The van der Waals surface area contributed by atoms with Crippen molar-refractivity contribution in [3.05, 3.63) is 22.4 Å². The number of aliphatic hydroxyl groups is 1. The Bertz CT molecular complexity index is 273. The summed E-state index contributed by atoms with van der Waals surface area (Å²) >= 11 is 1.80. The van der Waals surface area contributed by atoms with Gasteiger partial charge in [0.15, 0.2) is 0 Å². The van der Waals surface area contributed by atoms with E-state index in [0.717, 1.165) is 6.54 Å². The van der Waals surface area contributed by atoms with Gasteiger partial charge in [-0.2, -0.15) is 0 Å². The summed E-state index contributed by atoms with van der Waals surface area (Å²) in [5.74, 6) is 0.471. The van der Waals surface area contributed by atoms with Crippen molar-refractivity contribution in [2.75, 3.05) is 6.61 Å². The molecule has 1 fully saturated rings. The summed E-state index contributed by atoms with van der Waals surface area (Å²) < 4.78 is 0. The number of thiophene rings is 1. The van der Waals surface area contributed by atoms with Crippen LogP contribution < -0.4 is 5.32 Å². The van der Waals surface area contributed by atoms with Gasteiger partial charge in [0.2, 0.25) is 0 Å². The van der Waals surface area contributed by atoms with Crippen molar-refractivity contribution < 1.29 is 5.11 Å². The zero-order valence-electron chi connectivity index (χ0n) is 8.98. The van der Waals surface area contributed by atoms with E-state index in [2.05, 4.69) is 22.8 Å². The molecule has 2 rings (SSSR count). The van der Waals surface area contributed by atoms with Crippen LogP contribution in [0.4, 0.5) is 0 Å². The van der Waals surface area contributed by atoms with Crippen molar-refractivity contribution >= 4 is 11.3 Å². The average molecular weight is 225 g/mol. The van der Waals surface area contributed by atoms with Gasteiger partial charge in [-0.05, 0) is 30.2 Å². The maximum atomic E-state index is 9.28. The number of nitrogens with one attached hydrogen (secondary N) is 1. The van der Waals surface area contributed by atoms with Gasteiger partial charge in [-0.3, -0.25) is 0 Å². The van der Waals surface area contributed by atoms with Crippen LogP contribution in [0.5, 0.6) is 0 Å². The summed E-state index contributed by atoms with van der Waals surface area (Å²) in [6, 6.07) is 4.77. The van der Waals surface area contributed by atoms with Crippen molar-refractivity contribution in [3.8, 4) is 0 Å². The zero-order valence-corrected chi connectivity index (χ0v) is 9.80. The predicted octanol–water partition coefficient (Wildman–Crippen LogP) is 2.39. The van der Waals surface area contributed by atoms with Crippen molar-refractivity contribution in [1.82, 2.24) is 5.32 Å². The highest BCUT2D eigenvalue weighted by atomic mass is 32.1. The van der Waals surface area contributed by atoms with Crippen molar-refractivity contribution in [2.45, 2.75) is 38.3 Å². The SMILES string of the molecule is OCC1CCCCC1NCc1cccs1. The van der Waals surface area contributed by atoms with Crippen LogP contribution in [-0.2, 0) is 6.54 Å². The lowest BCUT2D eigenvalue weighted by molar-refractivity contribution is 0.152. The summed E-state index contributed by atoms with van der Waals surface area (Å²) in [5, 5.41) is 15.0. The molecule has 0 bridgehead atoms. The normalized spacial score (nSPS) is 26.7. The van der Waals surface area contributed by atoms with Gasteiger partial charge in [0.25, 0.3) is 0 Å². The number of hydrogen-bond acceptors (Lipinski definition) is 3. The first-order valence-electron chi connectivity index (χ1n) is 5.77. The van der Waals surface area contributed by atoms with Crippen molar-refractivity contribution in [3.63, 3.8) is 0 Å². The van der Waals surface area contributed by atoms with Gasteiger partial charge in [-0.15, -0.1) is 11.3 Å². The van der Waals surface area contributed by atoms with Crippen LogP contribution in [0.3, 0.4) is 0 Å². The van der Waals surface area contributed by atoms with E-state index in [1.807, 2.05) is 0 Å². The zero-order chi connectivity index (χ0) is 10.5. The van der Waals surface area contributed by atoms with Gasteiger partial charge in [-0.1, -0.05) is 18.9 Å². The molecular weight excluding hydrogens is 206 g/mol. The molecule has 1 saturated carbocycles. The molecule has 1 heterocycles. The van der Waals surface area contributed by atoms with E-state index < -0.39 is 0 Å². The van der Waals surface area contributed by atoms with Gasteiger partial charge >= 0.3 is 0 Å². The molecule has 0 radical (unpaired) electrons. The smallest absolute Gasteiger partial charge is 0.0474 e. The molecule has 1 aromatic heterocycles. The van der Waals surface area contributed by atoms with Crippen LogP contribution in [0.15, 0.2) is 17.5 Å². The molecule has 1 aromatic rings. The molecule has 15 heavy (non-hydrogen) atoms. The molecule has 0 aliphatic heterocycles. The third-order valence-electron chi connectivity index (χ3n) is 3.26. The molecule has 0 amide bonds. The Hall–Kier alpha value is -0.380. The topological polar surface area (TPSA) is 32.3 Å². The third kappa shape index (κ3) is 3.03. The quantitative estimate of drug-likeness (QED) is 0.824. The fourth-order valence-electron chi connectivity index (χ4n) is 2.34. The standard InChI is InChI=1S/C12H19NOS/c14-9-10-4-1-2-6-12(10)13-8-11-5-3-7-15-11/h3,5,7,10,12-14H,1-2,4,6,8-9H2. The second-order valence-corrected chi connectivity index (χ2v) is 5.33. The van der Waals surface area contributed by atoms with E-state index in [0.29, 0.717) is 18.6 Å². The minimum atomic E-state index is 0.335. The lowest BCUT2D eigenvalue weighted by Gasteiger charge is -2.30. The van der Waals surface area contributed by atoms with Crippen molar-refractivity contribution in [2.24, 2.45) is 5.92 Å². The lowest BCUT2D eigenvalue weighted by Crippen LogP contribution is -2.39. The minimum absolute atomic E-state index is 0.335. The van der Waals surface area contributed by atoms with E-state index >= 15 is 0 Å². The first-order valence-corrected chi connectivity index (χ1v) is 6.64. The Labute approximate surface area is 95.3 Å². The fourth-order valence-corrected chi connectivity index (χ4v) is 3.00. The lowest BCUT2D eigenvalue weighted by atomic mass is 9.85. The Morgan fingerprint density at radius 2 is 2.27 bits per heavy atom. The van der Waals surface area contributed by atoms with Crippen molar-refractivity contribution in [1.29, 1.82) is 0 Å². The van der Waals surface area contributed by atoms with Gasteiger partial charge < -0.3 is 10.4 Å². The molecule has 2 atom stereocenters. The largest absolute Gasteiger partial charge is 0.396 e. The Kier molecular flexibility index (Phi) is 4.18. The van der Waals surface area contributed by atoms with Gasteiger partial charge in [0.1, 0.15) is 0 Å². The number of hydrogen-bond donors (Lipinski definition) is 2. The fraction of sp³-hybridized carbons (Fsp3) is 0.667. The molecule has 2 unspecified atom stereocenters. The second kappa shape index (κ2) is 5.64. The van der Waals surface area contributed by atoms with E-state index in [4.69, 9.17) is 0 Å². The van der Waals surface area contributed by atoms with Crippen LogP contribution in [0.25, 0.3) is 0 Å². The molecule has 84 valence electrons. The van der Waals surface area contributed by atoms with Crippen LogP contribution in [-0.4, -0.2) is 17.8 Å². The van der Waals surface area contributed by atoms with Crippen LogP contribution in [0.2, 0.25) is 0 Å².